The number of aryl methyl sites for hydroxylation is 1. The van der Waals surface area contributed by atoms with E-state index >= 15 is 0 Å². The lowest BCUT2D eigenvalue weighted by atomic mass is 9.97. The smallest absolute Gasteiger partial charge is 0.260 e. The molecule has 1 aromatic heterocycles. The van der Waals surface area contributed by atoms with Crippen molar-refractivity contribution < 1.29 is 23.0 Å². The van der Waals surface area contributed by atoms with E-state index in [1.54, 1.807) is 32.4 Å². The molecular formula is C28H33F2N5O3. The van der Waals surface area contributed by atoms with Crippen LogP contribution in [-0.4, -0.2) is 55.5 Å². The van der Waals surface area contributed by atoms with Crippen molar-refractivity contribution in [2.75, 3.05) is 32.6 Å². The van der Waals surface area contributed by atoms with Gasteiger partial charge in [-0.1, -0.05) is 12.1 Å². The number of ether oxygens (including phenoxy) is 2. The van der Waals surface area contributed by atoms with Crippen LogP contribution in [0.5, 0.6) is 11.5 Å². The van der Waals surface area contributed by atoms with Gasteiger partial charge >= 0.3 is 0 Å². The van der Waals surface area contributed by atoms with E-state index in [1.165, 1.54) is 4.68 Å². The van der Waals surface area contributed by atoms with Crippen LogP contribution in [0.2, 0.25) is 0 Å². The first kappa shape index (κ1) is 26.0. The number of carbonyl (C=O) groups is 1. The summed E-state index contributed by atoms with van der Waals surface area (Å²) in [5.74, 6) is 1.52. The number of fused-ring (bicyclic) bond motifs is 1. The molecule has 202 valence electrons. The average molecular weight is 526 g/mol. The number of rotatable bonds is 7. The van der Waals surface area contributed by atoms with Crippen molar-refractivity contribution in [3.63, 3.8) is 0 Å². The quantitative estimate of drug-likeness (QED) is 0.414. The second-order valence-electron chi connectivity index (χ2n) is 9.85. The fourth-order valence-electron chi connectivity index (χ4n) is 5.30. The number of anilines is 1. The number of carbonyl (C=O) groups excluding carboxylic acids is 1. The monoisotopic (exact) mass is 525 g/mol. The highest BCUT2D eigenvalue weighted by Gasteiger charge is 2.35. The summed E-state index contributed by atoms with van der Waals surface area (Å²) in [6.45, 7) is 3.65. The van der Waals surface area contributed by atoms with Crippen LogP contribution < -0.4 is 25.4 Å². The predicted molar refractivity (Wildman–Crippen MR) is 141 cm³/mol. The molecule has 10 heteroatoms. The van der Waals surface area contributed by atoms with Gasteiger partial charge in [-0.05, 0) is 68.1 Å². The van der Waals surface area contributed by atoms with Gasteiger partial charge in [-0.3, -0.25) is 4.79 Å². The Kier molecular flexibility index (Phi) is 7.51. The third-order valence-corrected chi connectivity index (χ3v) is 7.35. The molecule has 0 radical (unpaired) electrons. The minimum atomic E-state index is -2.59. The Morgan fingerprint density at radius 2 is 1.95 bits per heavy atom. The van der Waals surface area contributed by atoms with E-state index in [1.807, 2.05) is 31.2 Å². The summed E-state index contributed by atoms with van der Waals surface area (Å²) in [7, 11) is 3.10. The highest BCUT2D eigenvalue weighted by Crippen LogP contribution is 2.41. The van der Waals surface area contributed by atoms with Crippen LogP contribution >= 0.6 is 0 Å². The molecule has 0 aliphatic carbocycles. The van der Waals surface area contributed by atoms with Crippen LogP contribution in [0.1, 0.15) is 52.8 Å². The van der Waals surface area contributed by atoms with Crippen LogP contribution in [0.4, 0.5) is 14.6 Å². The van der Waals surface area contributed by atoms with Gasteiger partial charge in [0, 0.05) is 29.8 Å². The van der Waals surface area contributed by atoms with Crippen molar-refractivity contribution in [1.29, 1.82) is 0 Å². The topological polar surface area (TPSA) is 89.4 Å². The first-order chi connectivity index (χ1) is 18.4. The summed E-state index contributed by atoms with van der Waals surface area (Å²) in [4.78, 5) is 12.8. The Morgan fingerprint density at radius 3 is 2.63 bits per heavy atom. The average Bonchev–Trinajstić information content (AvgIpc) is 3.36. The van der Waals surface area contributed by atoms with Crippen LogP contribution in [0, 0.1) is 6.92 Å². The maximum Gasteiger partial charge on any atom is 0.260 e. The van der Waals surface area contributed by atoms with Crippen LogP contribution in [0.3, 0.4) is 0 Å². The second kappa shape index (κ2) is 11.0. The number of aromatic nitrogens is 2. The number of nitrogens with one attached hydrogen (secondary N) is 3. The molecule has 0 spiro atoms. The van der Waals surface area contributed by atoms with Gasteiger partial charge in [0.05, 0.1) is 26.0 Å². The van der Waals surface area contributed by atoms with Gasteiger partial charge in [0.15, 0.2) is 11.5 Å². The lowest BCUT2D eigenvalue weighted by molar-refractivity contribution is 0.0659. The first-order valence-corrected chi connectivity index (χ1v) is 12.9. The molecule has 5 rings (SSSR count). The minimum absolute atomic E-state index is 0.116. The number of hydrogen-bond donors (Lipinski definition) is 3. The summed E-state index contributed by atoms with van der Waals surface area (Å²) in [6, 6.07) is 11.3. The second-order valence-corrected chi connectivity index (χ2v) is 9.85. The van der Waals surface area contributed by atoms with Crippen molar-refractivity contribution in [1.82, 2.24) is 20.4 Å². The number of alkyl halides is 2. The summed E-state index contributed by atoms with van der Waals surface area (Å²) in [5.41, 5.74) is 3.60. The molecule has 2 aromatic carbocycles. The molecule has 0 saturated carbocycles. The number of halogens is 2. The van der Waals surface area contributed by atoms with Crippen LogP contribution in [0.15, 0.2) is 42.5 Å². The van der Waals surface area contributed by atoms with Gasteiger partial charge in [0.2, 0.25) is 0 Å². The minimum Gasteiger partial charge on any atom is -0.493 e. The highest BCUT2D eigenvalue weighted by molar-refractivity contribution is 5.95. The van der Waals surface area contributed by atoms with Crippen LogP contribution in [0.25, 0.3) is 11.3 Å². The SMILES string of the molecule is COc1ccc(C2CC(C(F)F)n3nc(-c4ccc(C(=O)N[C@H]5CCCNC5)cc4C)cc3N2)cc1OC. The molecule has 3 atom stereocenters. The fourth-order valence-corrected chi connectivity index (χ4v) is 5.30. The van der Waals surface area contributed by atoms with E-state index in [0.29, 0.717) is 28.6 Å². The lowest BCUT2D eigenvalue weighted by Gasteiger charge is -2.32. The molecule has 1 amide bonds. The van der Waals surface area contributed by atoms with Crippen molar-refractivity contribution in [2.45, 2.75) is 50.7 Å². The third kappa shape index (κ3) is 5.18. The normalized spacial score (nSPS) is 20.9. The summed E-state index contributed by atoms with van der Waals surface area (Å²) >= 11 is 0. The van der Waals surface area contributed by atoms with Crippen LogP contribution in [-0.2, 0) is 0 Å². The number of amides is 1. The van der Waals surface area contributed by atoms with E-state index in [2.05, 4.69) is 21.0 Å². The highest BCUT2D eigenvalue weighted by atomic mass is 19.3. The predicted octanol–water partition coefficient (Wildman–Crippen LogP) is 4.72. The molecule has 3 N–H and O–H groups in total. The molecule has 8 nitrogen and oxygen atoms in total. The summed E-state index contributed by atoms with van der Waals surface area (Å²) in [5, 5.41) is 14.3. The molecule has 2 aliphatic rings. The zero-order chi connectivity index (χ0) is 26.8. The molecule has 2 aliphatic heterocycles. The van der Waals surface area contributed by atoms with Gasteiger partial charge in [-0.25, -0.2) is 13.5 Å². The summed E-state index contributed by atoms with van der Waals surface area (Å²) < 4.78 is 40.5. The summed E-state index contributed by atoms with van der Waals surface area (Å²) in [6.07, 6.45) is -0.435. The van der Waals surface area contributed by atoms with Gasteiger partial charge in [-0.15, -0.1) is 0 Å². The largest absolute Gasteiger partial charge is 0.493 e. The van der Waals surface area contributed by atoms with Gasteiger partial charge in [-0.2, -0.15) is 5.10 Å². The molecule has 3 heterocycles. The number of benzene rings is 2. The number of hydrogen-bond acceptors (Lipinski definition) is 6. The zero-order valence-corrected chi connectivity index (χ0v) is 21.8. The molecule has 1 saturated heterocycles. The maximum atomic E-state index is 14.2. The zero-order valence-electron chi connectivity index (χ0n) is 21.8. The molecule has 1 fully saturated rings. The molecule has 38 heavy (non-hydrogen) atoms. The Hall–Kier alpha value is -3.66. The molecule has 3 aromatic rings. The number of piperidine rings is 1. The van der Waals surface area contributed by atoms with E-state index in [-0.39, 0.29) is 24.4 Å². The first-order valence-electron chi connectivity index (χ1n) is 12.9. The number of methoxy groups -OCH3 is 2. The maximum absolute atomic E-state index is 14.2. The fraction of sp³-hybridized carbons (Fsp3) is 0.429. The van der Waals surface area contributed by atoms with Gasteiger partial charge < -0.3 is 25.4 Å². The van der Waals surface area contributed by atoms with E-state index in [0.717, 1.165) is 42.6 Å². The third-order valence-electron chi connectivity index (χ3n) is 7.35. The molecule has 0 bridgehead atoms. The van der Waals surface area contributed by atoms with E-state index < -0.39 is 12.5 Å². The Labute approximate surface area is 220 Å². The Morgan fingerprint density at radius 1 is 1.13 bits per heavy atom. The Balaban J connectivity index is 1.40. The standard InChI is InChI=1S/C28H33F2N5O3/c1-16-11-18(28(36)32-19-5-4-10-31-15-19)6-8-20(16)22-14-26-33-21(13-23(27(29)30)35(26)34-22)17-7-9-24(37-2)25(12-17)38-3/h6-9,11-12,14,19,21,23,27,31,33H,4-5,10,13,15H2,1-3H3,(H,32,36)/t19-,21?,23?/m0/s1. The van der Waals surface area contributed by atoms with E-state index in [4.69, 9.17) is 9.47 Å². The van der Waals surface area contributed by atoms with Gasteiger partial charge in [0.25, 0.3) is 12.3 Å². The Bertz CT molecular complexity index is 1310. The number of nitrogens with zero attached hydrogens (tertiary/aromatic N) is 2. The van der Waals surface area contributed by atoms with Gasteiger partial charge in [0.1, 0.15) is 11.9 Å². The van der Waals surface area contributed by atoms with E-state index in [9.17, 15) is 13.6 Å². The molecular weight excluding hydrogens is 492 g/mol. The van der Waals surface area contributed by atoms with Crippen molar-refractivity contribution in [3.05, 3.63) is 59.2 Å². The van der Waals surface area contributed by atoms with Crippen molar-refractivity contribution in [3.8, 4) is 22.8 Å². The lowest BCUT2D eigenvalue weighted by Crippen LogP contribution is -2.45. The molecule has 2 unspecified atom stereocenters. The van der Waals surface area contributed by atoms with Crippen molar-refractivity contribution >= 4 is 11.7 Å². The van der Waals surface area contributed by atoms with Crippen molar-refractivity contribution in [2.24, 2.45) is 0 Å².